The summed E-state index contributed by atoms with van der Waals surface area (Å²) in [6.07, 6.45) is -0.692. The highest BCUT2D eigenvalue weighted by Gasteiger charge is 2.47. The molecule has 0 N–H and O–H groups in total. The lowest BCUT2D eigenvalue weighted by Gasteiger charge is -2.42. The zero-order valence-corrected chi connectivity index (χ0v) is 43.7. The van der Waals surface area contributed by atoms with E-state index in [-0.39, 0.29) is 73.3 Å². The molecule has 0 saturated carbocycles. The number of hydrogen-bond donors (Lipinski definition) is 0. The van der Waals surface area contributed by atoms with Crippen LogP contribution in [0.4, 0.5) is 4.79 Å². The van der Waals surface area contributed by atoms with E-state index in [0.717, 1.165) is 11.1 Å². The number of ether oxygens (including phenoxy) is 4. The zero-order chi connectivity index (χ0) is 48.8. The molecule has 14 nitrogen and oxygen atoms in total. The average molecular weight is 936 g/mol. The van der Waals surface area contributed by atoms with Crippen LogP contribution in [0.25, 0.3) is 11.1 Å². The molecule has 0 radical (unpaired) electrons. The molecule has 2 aromatic rings. The van der Waals surface area contributed by atoms with Crippen molar-refractivity contribution < 1.29 is 42.6 Å². The van der Waals surface area contributed by atoms with Gasteiger partial charge in [-0.1, -0.05) is 69.3 Å². The van der Waals surface area contributed by atoms with Crippen LogP contribution in [0.2, 0.25) is 18.1 Å². The van der Waals surface area contributed by atoms with Crippen LogP contribution in [0.3, 0.4) is 0 Å². The standard InChI is InChI=1S/C51H81N5O9Si/c1-48(2,3)62-44(57)33-52-23-25-53(34-45(58)63-49(4,5)6)27-29-55(30-28-54(26-24-52)35-46(59)64-50(7,8)9)42-31-56(32-43(42)65-66(13,14)51(10,11)12)47(60)61-36-41-39-21-17-15-19-37(39)38-20-16-18-22-40(38)41/h15-22,41-43H,23-36H2,1-14H3/t42-,43-/m0/s1. The van der Waals surface area contributed by atoms with E-state index in [1.165, 1.54) is 11.1 Å². The first kappa shape index (κ1) is 53.1. The summed E-state index contributed by atoms with van der Waals surface area (Å²) in [4.78, 5) is 64.8. The van der Waals surface area contributed by atoms with Crippen LogP contribution in [0, 0.1) is 0 Å². The lowest BCUT2D eigenvalue weighted by molar-refractivity contribution is -0.158. The van der Waals surface area contributed by atoms with E-state index < -0.39 is 25.1 Å². The summed E-state index contributed by atoms with van der Waals surface area (Å²) in [5, 5.41) is -0.0871. The van der Waals surface area contributed by atoms with Gasteiger partial charge in [0.25, 0.3) is 0 Å². The minimum absolute atomic E-state index is 0.0597. The Kier molecular flexibility index (Phi) is 17.4. The molecule has 368 valence electrons. The third kappa shape index (κ3) is 15.6. The van der Waals surface area contributed by atoms with E-state index in [9.17, 15) is 19.2 Å². The largest absolute Gasteiger partial charge is 0.459 e. The molecule has 0 bridgehead atoms. The van der Waals surface area contributed by atoms with Crippen molar-refractivity contribution in [3.05, 3.63) is 59.7 Å². The van der Waals surface area contributed by atoms with Crippen LogP contribution in [-0.2, 0) is 37.8 Å². The summed E-state index contributed by atoms with van der Waals surface area (Å²) >= 11 is 0. The Morgan fingerprint density at radius 1 is 0.561 bits per heavy atom. The number of nitrogens with zero attached hydrogens (tertiary/aromatic N) is 5. The van der Waals surface area contributed by atoms with E-state index in [0.29, 0.717) is 65.4 Å². The van der Waals surface area contributed by atoms with Crippen molar-refractivity contribution in [3.8, 4) is 11.1 Å². The molecule has 0 aromatic heterocycles. The summed E-state index contributed by atoms with van der Waals surface area (Å²) < 4.78 is 30.8. The Hall–Kier alpha value is -3.86. The van der Waals surface area contributed by atoms with Gasteiger partial charge in [-0.05, 0) is 103 Å². The summed E-state index contributed by atoms with van der Waals surface area (Å²) in [5.74, 6) is -1.07. The van der Waals surface area contributed by atoms with Crippen LogP contribution in [0.1, 0.15) is 100 Å². The van der Waals surface area contributed by atoms with Gasteiger partial charge in [-0.25, -0.2) is 4.79 Å². The number of amides is 1. The highest BCUT2D eigenvalue weighted by molar-refractivity contribution is 6.74. The highest BCUT2D eigenvalue weighted by atomic mass is 28.4. The van der Waals surface area contributed by atoms with Crippen molar-refractivity contribution in [1.29, 1.82) is 0 Å². The molecule has 5 rings (SSSR count). The number of rotatable bonds is 11. The van der Waals surface area contributed by atoms with Crippen LogP contribution in [0.15, 0.2) is 48.5 Å². The molecule has 66 heavy (non-hydrogen) atoms. The Labute approximate surface area is 396 Å². The summed E-state index contributed by atoms with van der Waals surface area (Å²) in [6.45, 7) is 33.0. The molecule has 2 heterocycles. The van der Waals surface area contributed by atoms with Crippen molar-refractivity contribution in [3.63, 3.8) is 0 Å². The number of carbonyl (C=O) groups excluding carboxylic acids is 4. The Balaban J connectivity index is 1.44. The lowest BCUT2D eigenvalue weighted by Crippen LogP contribution is -2.55. The Bertz CT molecular complexity index is 1890. The second-order valence-electron chi connectivity index (χ2n) is 22.8. The van der Waals surface area contributed by atoms with Gasteiger partial charge in [-0.2, -0.15) is 0 Å². The van der Waals surface area contributed by atoms with Gasteiger partial charge in [-0.15, -0.1) is 0 Å². The van der Waals surface area contributed by atoms with E-state index in [1.54, 1.807) is 4.90 Å². The number of carbonyl (C=O) groups is 4. The fraction of sp³-hybridized carbons (Fsp3) is 0.686. The monoisotopic (exact) mass is 936 g/mol. The smallest absolute Gasteiger partial charge is 0.409 e. The number of benzene rings is 2. The van der Waals surface area contributed by atoms with Crippen LogP contribution >= 0.6 is 0 Å². The molecule has 1 aliphatic carbocycles. The van der Waals surface area contributed by atoms with E-state index in [2.05, 4.69) is 72.8 Å². The topological polar surface area (TPSA) is 131 Å². The number of hydrogen-bond acceptors (Lipinski definition) is 13. The van der Waals surface area contributed by atoms with Crippen molar-refractivity contribution in [2.45, 2.75) is 136 Å². The molecule has 0 spiro atoms. The molecule has 15 heteroatoms. The van der Waals surface area contributed by atoms with E-state index in [1.807, 2.05) is 91.5 Å². The molecule has 3 aliphatic rings. The highest BCUT2D eigenvalue weighted by Crippen LogP contribution is 2.45. The normalized spacial score (nSPS) is 20.5. The molecular weight excluding hydrogens is 855 g/mol. The van der Waals surface area contributed by atoms with Gasteiger partial charge in [-0.3, -0.25) is 34.0 Å². The first-order valence-corrected chi connectivity index (χ1v) is 26.8. The number of esters is 3. The van der Waals surface area contributed by atoms with Crippen molar-refractivity contribution in [2.24, 2.45) is 0 Å². The summed E-state index contributed by atoms with van der Waals surface area (Å²) in [5.41, 5.74) is 2.70. The molecular formula is C51H81N5O9Si. The molecule has 2 saturated heterocycles. The van der Waals surface area contributed by atoms with Gasteiger partial charge in [0.15, 0.2) is 8.32 Å². The zero-order valence-electron chi connectivity index (χ0n) is 42.7. The molecule has 2 fully saturated rings. The predicted molar refractivity (Wildman–Crippen MR) is 261 cm³/mol. The van der Waals surface area contributed by atoms with Crippen molar-refractivity contribution in [1.82, 2.24) is 24.5 Å². The first-order chi connectivity index (χ1) is 30.6. The van der Waals surface area contributed by atoms with Gasteiger partial charge in [0.1, 0.15) is 23.4 Å². The third-order valence-electron chi connectivity index (χ3n) is 12.7. The molecule has 2 aliphatic heterocycles. The molecule has 1 amide bonds. The fourth-order valence-corrected chi connectivity index (χ4v) is 9.98. The van der Waals surface area contributed by atoms with Crippen LogP contribution in [0.5, 0.6) is 0 Å². The maximum Gasteiger partial charge on any atom is 0.409 e. The van der Waals surface area contributed by atoms with Gasteiger partial charge >= 0.3 is 24.0 Å². The molecule has 2 aromatic carbocycles. The molecule has 2 atom stereocenters. The second kappa shape index (κ2) is 21.6. The quantitative estimate of drug-likeness (QED) is 0.128. The first-order valence-electron chi connectivity index (χ1n) is 23.9. The minimum atomic E-state index is -2.36. The van der Waals surface area contributed by atoms with Crippen molar-refractivity contribution >= 4 is 32.3 Å². The maximum absolute atomic E-state index is 14.3. The molecule has 0 unspecified atom stereocenters. The SMILES string of the molecule is CC(C)(C)OC(=O)CN1CCN(CC(=O)OC(C)(C)C)CCN([C@H]2CN(C(=O)OCC3c4ccccc4-c4ccccc43)C[C@@H]2O[Si](C)(C)C(C)(C)C)CCN(CC(=O)OC(C)(C)C)CC1. The number of fused-ring (bicyclic) bond motifs is 3. The van der Waals surface area contributed by atoms with Gasteiger partial charge < -0.3 is 28.3 Å². The van der Waals surface area contributed by atoms with Crippen molar-refractivity contribution in [2.75, 3.05) is 91.7 Å². The predicted octanol–water partition coefficient (Wildman–Crippen LogP) is 7.26. The average Bonchev–Trinajstić information content (AvgIpc) is 3.73. The van der Waals surface area contributed by atoms with Crippen LogP contribution in [-0.4, -0.2) is 177 Å². The van der Waals surface area contributed by atoms with Crippen LogP contribution < -0.4 is 0 Å². The summed E-state index contributed by atoms with van der Waals surface area (Å²) in [6, 6.07) is 16.5. The Morgan fingerprint density at radius 2 is 0.939 bits per heavy atom. The van der Waals surface area contributed by atoms with E-state index >= 15 is 0 Å². The maximum atomic E-state index is 14.3. The van der Waals surface area contributed by atoms with Gasteiger partial charge in [0.05, 0.1) is 38.3 Å². The lowest BCUT2D eigenvalue weighted by atomic mass is 9.98. The second-order valence-corrected chi connectivity index (χ2v) is 27.6. The van der Waals surface area contributed by atoms with E-state index in [4.69, 9.17) is 23.4 Å². The fourth-order valence-electron chi connectivity index (χ4n) is 8.64. The van der Waals surface area contributed by atoms with Gasteiger partial charge in [0.2, 0.25) is 0 Å². The van der Waals surface area contributed by atoms with Gasteiger partial charge in [0, 0.05) is 64.8 Å². The minimum Gasteiger partial charge on any atom is -0.459 e. The number of likely N-dealkylation sites (tertiary alicyclic amines) is 1. The summed E-state index contributed by atoms with van der Waals surface area (Å²) in [7, 11) is -2.36. The Morgan fingerprint density at radius 3 is 1.32 bits per heavy atom. The third-order valence-corrected chi connectivity index (χ3v) is 17.2.